The molecule has 1 amide bonds. The Kier molecular flexibility index (Phi) is 7.56. The van der Waals surface area contributed by atoms with Crippen molar-refractivity contribution in [2.45, 2.75) is 19.9 Å². The first-order valence-electron chi connectivity index (χ1n) is 8.20. The van der Waals surface area contributed by atoms with Crippen molar-refractivity contribution in [2.24, 2.45) is 5.92 Å². The molecule has 132 valence electrons. The molecule has 1 aliphatic rings. The Labute approximate surface area is 153 Å². The van der Waals surface area contributed by atoms with Gasteiger partial charge in [0.15, 0.2) is 0 Å². The number of halogens is 2. The van der Waals surface area contributed by atoms with E-state index in [1.54, 1.807) is 18.2 Å². The maximum absolute atomic E-state index is 12.1. The number of morpholine rings is 1. The highest BCUT2D eigenvalue weighted by Gasteiger charge is 2.23. The molecule has 0 aliphatic carbocycles. The van der Waals surface area contributed by atoms with E-state index in [4.69, 9.17) is 27.9 Å². The van der Waals surface area contributed by atoms with E-state index < -0.39 is 0 Å². The number of hydrogen-bond acceptors (Lipinski definition) is 3. The molecular weight excluding hydrogens is 347 g/mol. The highest BCUT2D eigenvalue weighted by molar-refractivity contribution is 6.42. The summed E-state index contributed by atoms with van der Waals surface area (Å²) >= 11 is 12.1. The summed E-state index contributed by atoms with van der Waals surface area (Å²) in [6, 6.07) is 5.65. The first-order valence-corrected chi connectivity index (χ1v) is 8.96. The lowest BCUT2D eigenvalue weighted by Gasteiger charge is -2.36. The van der Waals surface area contributed by atoms with Crippen molar-refractivity contribution in [3.63, 3.8) is 0 Å². The minimum Gasteiger partial charge on any atom is -0.379 e. The van der Waals surface area contributed by atoms with Gasteiger partial charge in [0.1, 0.15) is 0 Å². The number of benzene rings is 1. The maximum atomic E-state index is 12.1. The third-order valence-corrected chi connectivity index (χ3v) is 5.00. The molecule has 6 heteroatoms. The molecule has 1 aromatic carbocycles. The van der Waals surface area contributed by atoms with Crippen LogP contribution in [0, 0.1) is 5.92 Å². The molecule has 1 aromatic rings. The second kappa shape index (κ2) is 9.42. The Morgan fingerprint density at radius 2 is 2.04 bits per heavy atom. The molecule has 1 saturated heterocycles. The molecule has 1 N–H and O–H groups in total. The zero-order chi connectivity index (χ0) is 17.5. The molecule has 0 bridgehead atoms. The van der Waals surface area contributed by atoms with E-state index in [1.807, 2.05) is 6.07 Å². The summed E-state index contributed by atoms with van der Waals surface area (Å²) in [6.07, 6.45) is 3.18. The lowest BCUT2D eigenvalue weighted by molar-refractivity contribution is -0.116. The van der Waals surface area contributed by atoms with Crippen molar-refractivity contribution in [1.82, 2.24) is 10.2 Å². The number of ether oxygens (including phenoxy) is 1. The van der Waals surface area contributed by atoms with E-state index in [1.165, 1.54) is 6.08 Å². The van der Waals surface area contributed by atoms with Gasteiger partial charge in [0.05, 0.1) is 23.3 Å². The second-order valence-corrected chi connectivity index (χ2v) is 6.97. The minimum atomic E-state index is -0.134. The second-order valence-electron chi connectivity index (χ2n) is 6.18. The lowest BCUT2D eigenvalue weighted by Crippen LogP contribution is -2.51. The zero-order valence-corrected chi connectivity index (χ0v) is 15.6. The van der Waals surface area contributed by atoms with Crippen molar-refractivity contribution in [2.75, 3.05) is 32.8 Å². The lowest BCUT2D eigenvalue weighted by atomic mass is 10.0. The fourth-order valence-electron chi connectivity index (χ4n) is 2.77. The molecule has 2 rings (SSSR count). The average Bonchev–Trinajstić information content (AvgIpc) is 2.57. The van der Waals surface area contributed by atoms with Crippen LogP contribution in [0.4, 0.5) is 0 Å². The molecular formula is C18H24Cl2N2O2. The zero-order valence-electron chi connectivity index (χ0n) is 14.1. The van der Waals surface area contributed by atoms with E-state index in [-0.39, 0.29) is 5.91 Å². The number of carbonyl (C=O) groups excluding carboxylic acids is 1. The van der Waals surface area contributed by atoms with E-state index in [9.17, 15) is 4.79 Å². The van der Waals surface area contributed by atoms with Crippen LogP contribution in [0.1, 0.15) is 19.4 Å². The molecule has 0 radical (unpaired) electrons. The van der Waals surface area contributed by atoms with Gasteiger partial charge in [-0.1, -0.05) is 49.2 Å². The van der Waals surface area contributed by atoms with E-state index >= 15 is 0 Å². The van der Waals surface area contributed by atoms with Crippen LogP contribution < -0.4 is 5.32 Å². The first-order chi connectivity index (χ1) is 11.5. The summed E-state index contributed by atoms with van der Waals surface area (Å²) < 4.78 is 5.40. The molecule has 1 unspecified atom stereocenters. The highest BCUT2D eigenvalue weighted by Crippen LogP contribution is 2.26. The molecule has 1 atom stereocenters. The molecule has 0 spiro atoms. The van der Waals surface area contributed by atoms with E-state index in [0.29, 0.717) is 28.5 Å². The first kappa shape index (κ1) is 19.3. The van der Waals surface area contributed by atoms with Gasteiger partial charge in [0, 0.05) is 31.8 Å². The van der Waals surface area contributed by atoms with Crippen molar-refractivity contribution in [1.29, 1.82) is 0 Å². The van der Waals surface area contributed by atoms with Crippen LogP contribution in [0.25, 0.3) is 6.08 Å². The fourth-order valence-corrected chi connectivity index (χ4v) is 3.15. The molecule has 1 heterocycles. The largest absolute Gasteiger partial charge is 0.379 e. The molecule has 0 saturated carbocycles. The van der Waals surface area contributed by atoms with Gasteiger partial charge < -0.3 is 10.1 Å². The minimum absolute atomic E-state index is 0.134. The molecule has 1 aliphatic heterocycles. The van der Waals surface area contributed by atoms with Crippen LogP contribution in [0.3, 0.4) is 0 Å². The van der Waals surface area contributed by atoms with Crippen molar-refractivity contribution >= 4 is 35.2 Å². The Hall–Kier alpha value is -1.07. The number of hydrogen-bond donors (Lipinski definition) is 1. The van der Waals surface area contributed by atoms with Gasteiger partial charge >= 0.3 is 0 Å². The summed E-state index contributed by atoms with van der Waals surface area (Å²) in [6.45, 7) is 8.29. The Morgan fingerprint density at radius 3 is 2.71 bits per heavy atom. The smallest absolute Gasteiger partial charge is 0.244 e. The van der Waals surface area contributed by atoms with Gasteiger partial charge in [-0.2, -0.15) is 0 Å². The SMILES string of the molecule is CC(C)C(CNC(=O)/C=C/c1cccc(Cl)c1Cl)N1CCOCC1. The van der Waals surface area contributed by atoms with Gasteiger partial charge in [0.25, 0.3) is 0 Å². The number of rotatable bonds is 6. The van der Waals surface area contributed by atoms with Crippen LogP contribution in [0.2, 0.25) is 10.0 Å². The highest BCUT2D eigenvalue weighted by atomic mass is 35.5. The standard InChI is InChI=1S/C18H24Cl2N2O2/c1-13(2)16(22-8-10-24-11-9-22)12-21-17(23)7-6-14-4-3-5-15(19)18(14)20/h3-7,13,16H,8-12H2,1-2H3,(H,21,23)/b7-6+. The summed E-state index contributed by atoms with van der Waals surface area (Å²) in [5.74, 6) is 0.319. The van der Waals surface area contributed by atoms with Crippen LogP contribution in [-0.2, 0) is 9.53 Å². The third-order valence-electron chi connectivity index (χ3n) is 4.17. The predicted molar refractivity (Wildman–Crippen MR) is 99.5 cm³/mol. The van der Waals surface area contributed by atoms with Crippen molar-refractivity contribution in [3.05, 3.63) is 39.9 Å². The molecule has 0 aromatic heterocycles. The Morgan fingerprint density at radius 1 is 1.33 bits per heavy atom. The summed E-state index contributed by atoms with van der Waals surface area (Å²) in [4.78, 5) is 14.5. The Bertz CT molecular complexity index is 584. The molecule has 24 heavy (non-hydrogen) atoms. The summed E-state index contributed by atoms with van der Waals surface area (Å²) in [7, 11) is 0. The predicted octanol–water partition coefficient (Wildman–Crippen LogP) is 3.48. The number of carbonyl (C=O) groups is 1. The van der Waals surface area contributed by atoms with Crippen molar-refractivity contribution in [3.8, 4) is 0 Å². The van der Waals surface area contributed by atoms with Crippen LogP contribution in [0.5, 0.6) is 0 Å². The quantitative estimate of drug-likeness (QED) is 0.779. The normalized spacial score (nSPS) is 17.4. The number of amides is 1. The third kappa shape index (κ3) is 5.49. The van der Waals surface area contributed by atoms with Gasteiger partial charge in [-0.15, -0.1) is 0 Å². The maximum Gasteiger partial charge on any atom is 0.244 e. The van der Waals surface area contributed by atoms with Crippen molar-refractivity contribution < 1.29 is 9.53 Å². The average molecular weight is 371 g/mol. The fraction of sp³-hybridized carbons (Fsp3) is 0.500. The van der Waals surface area contributed by atoms with E-state index in [2.05, 4.69) is 24.1 Å². The van der Waals surface area contributed by atoms with E-state index in [0.717, 1.165) is 31.9 Å². The van der Waals surface area contributed by atoms with Crippen LogP contribution in [0.15, 0.2) is 24.3 Å². The van der Waals surface area contributed by atoms with Gasteiger partial charge in [-0.3, -0.25) is 9.69 Å². The monoisotopic (exact) mass is 370 g/mol. The van der Waals surface area contributed by atoms with Crippen LogP contribution >= 0.6 is 23.2 Å². The molecule has 4 nitrogen and oxygen atoms in total. The van der Waals surface area contributed by atoms with Crippen LogP contribution in [-0.4, -0.2) is 49.7 Å². The number of nitrogens with zero attached hydrogens (tertiary/aromatic N) is 1. The topological polar surface area (TPSA) is 41.6 Å². The summed E-state index contributed by atoms with van der Waals surface area (Å²) in [5.41, 5.74) is 0.730. The number of nitrogens with one attached hydrogen (secondary N) is 1. The summed E-state index contributed by atoms with van der Waals surface area (Å²) in [5, 5.41) is 3.91. The Balaban J connectivity index is 1.90. The molecule has 1 fully saturated rings. The van der Waals surface area contributed by atoms with Gasteiger partial charge in [0.2, 0.25) is 5.91 Å². The van der Waals surface area contributed by atoms with Gasteiger partial charge in [-0.05, 0) is 23.6 Å². The van der Waals surface area contributed by atoms with Gasteiger partial charge in [-0.25, -0.2) is 0 Å².